The van der Waals surface area contributed by atoms with Gasteiger partial charge in [-0.1, -0.05) is 6.92 Å². The van der Waals surface area contributed by atoms with Gasteiger partial charge in [0.2, 0.25) is 11.5 Å². The molecule has 0 aliphatic heterocycles. The van der Waals surface area contributed by atoms with Crippen molar-refractivity contribution in [2.45, 2.75) is 13.3 Å². The van der Waals surface area contributed by atoms with E-state index in [-0.39, 0.29) is 12.0 Å². The van der Waals surface area contributed by atoms with Crippen LogP contribution in [0.25, 0.3) is 5.76 Å². The predicted octanol–water partition coefficient (Wildman–Crippen LogP) is 1.00. The zero-order valence-electron chi connectivity index (χ0n) is 10.7. The molecule has 1 aromatic carbocycles. The molecule has 0 saturated heterocycles. The van der Waals surface area contributed by atoms with Crippen molar-refractivity contribution in [3.8, 4) is 17.2 Å². The first-order valence-electron chi connectivity index (χ1n) is 5.73. The molecule has 0 radical (unpaired) electrons. The molecule has 7 nitrogen and oxygen atoms in total. The van der Waals surface area contributed by atoms with E-state index in [0.717, 1.165) is 7.11 Å². The average Bonchev–Trinajstić information content (AvgIpc) is 2.41. The molecule has 7 heteroatoms. The molecule has 0 atom stereocenters. The van der Waals surface area contributed by atoms with Gasteiger partial charge in [-0.3, -0.25) is 9.59 Å². The van der Waals surface area contributed by atoms with Crippen LogP contribution in [0.5, 0.6) is 17.2 Å². The van der Waals surface area contributed by atoms with Gasteiger partial charge in [-0.2, -0.15) is 0 Å². The fourth-order valence-electron chi connectivity index (χ4n) is 2.17. The maximum Gasteiger partial charge on any atom is 0.272 e. The second-order valence-corrected chi connectivity index (χ2v) is 4.17. The number of carbonyl (C=O) groups is 2. The first-order valence-corrected chi connectivity index (χ1v) is 5.73. The van der Waals surface area contributed by atoms with Crippen LogP contribution in [-0.4, -0.2) is 39.1 Å². The van der Waals surface area contributed by atoms with Gasteiger partial charge < -0.3 is 25.2 Å². The number of aliphatic hydroxyl groups is 1. The highest BCUT2D eigenvalue weighted by Gasteiger charge is 2.40. The van der Waals surface area contributed by atoms with Crippen LogP contribution < -0.4 is 0 Å². The molecule has 0 aromatic heterocycles. The highest BCUT2D eigenvalue weighted by molar-refractivity contribution is 6.52. The third-order valence-electron chi connectivity index (χ3n) is 3.17. The molecule has 0 heterocycles. The Morgan fingerprint density at radius 2 is 1.50 bits per heavy atom. The van der Waals surface area contributed by atoms with Gasteiger partial charge in [0.15, 0.2) is 17.3 Å². The molecule has 0 spiro atoms. The molecule has 1 aliphatic carbocycles. The van der Waals surface area contributed by atoms with Gasteiger partial charge in [0, 0.05) is 5.56 Å². The number of ketones is 2. The first-order chi connectivity index (χ1) is 9.36. The van der Waals surface area contributed by atoms with Crippen LogP contribution in [0, 0.1) is 0 Å². The van der Waals surface area contributed by atoms with E-state index in [4.69, 9.17) is 0 Å². The number of aliphatic hydroxyl groups excluding tert-OH is 1. The van der Waals surface area contributed by atoms with Gasteiger partial charge >= 0.3 is 0 Å². The Bertz CT molecular complexity index is 670. The molecule has 2 rings (SSSR count). The maximum atomic E-state index is 11.9. The van der Waals surface area contributed by atoms with E-state index in [2.05, 4.69) is 4.74 Å². The molecule has 106 valence electrons. The zero-order chi connectivity index (χ0) is 15.2. The molecular weight excluding hydrogens is 268 g/mol. The highest BCUT2D eigenvalue weighted by atomic mass is 16.5. The van der Waals surface area contributed by atoms with Crippen molar-refractivity contribution in [2.24, 2.45) is 0 Å². The summed E-state index contributed by atoms with van der Waals surface area (Å²) in [4.78, 5) is 23.6. The molecule has 1 aromatic rings. The van der Waals surface area contributed by atoms with E-state index < -0.39 is 51.5 Å². The van der Waals surface area contributed by atoms with Crippen molar-refractivity contribution < 1.29 is 34.8 Å². The number of fused-ring (bicyclic) bond motifs is 1. The lowest BCUT2D eigenvalue weighted by Gasteiger charge is -2.21. The van der Waals surface area contributed by atoms with Crippen LogP contribution in [0.2, 0.25) is 0 Å². The Labute approximate surface area is 113 Å². The minimum Gasteiger partial charge on any atom is -0.507 e. The fraction of sp³-hybridized carbons (Fsp3) is 0.231. The number of Topliss-reactive ketones (excluding diaryl/α,β-unsaturated/α-hetero) is 2. The summed E-state index contributed by atoms with van der Waals surface area (Å²) in [5.41, 5.74) is -1.11. The van der Waals surface area contributed by atoms with E-state index in [0.29, 0.717) is 0 Å². The molecule has 0 amide bonds. The van der Waals surface area contributed by atoms with E-state index in [9.17, 15) is 30.0 Å². The van der Waals surface area contributed by atoms with Crippen molar-refractivity contribution >= 4 is 17.3 Å². The van der Waals surface area contributed by atoms with Crippen molar-refractivity contribution in [2.75, 3.05) is 7.11 Å². The minimum atomic E-state index is -1.18. The van der Waals surface area contributed by atoms with Gasteiger partial charge in [-0.15, -0.1) is 0 Å². The lowest BCUT2D eigenvalue weighted by molar-refractivity contribution is -0.114. The zero-order valence-corrected chi connectivity index (χ0v) is 10.7. The van der Waals surface area contributed by atoms with Crippen molar-refractivity contribution in [3.05, 3.63) is 22.4 Å². The van der Waals surface area contributed by atoms with Gasteiger partial charge in [0.25, 0.3) is 5.78 Å². The lowest BCUT2D eigenvalue weighted by atomic mass is 9.88. The molecule has 0 saturated carbocycles. The third-order valence-corrected chi connectivity index (χ3v) is 3.17. The summed E-state index contributed by atoms with van der Waals surface area (Å²) >= 11 is 0. The van der Waals surface area contributed by atoms with Gasteiger partial charge in [0.1, 0.15) is 5.75 Å². The molecule has 20 heavy (non-hydrogen) atoms. The number of allylic oxidation sites excluding steroid dienone is 1. The predicted molar refractivity (Wildman–Crippen MR) is 66.7 cm³/mol. The summed E-state index contributed by atoms with van der Waals surface area (Å²) in [6.07, 6.45) is 0.135. The van der Waals surface area contributed by atoms with Crippen LogP contribution >= 0.6 is 0 Å². The Balaban J connectivity index is 2.97. The highest BCUT2D eigenvalue weighted by Crippen LogP contribution is 2.47. The SMILES string of the molecule is CCc1c(O)c(O)c2c(c1O)C(O)=C(OC)C(=O)C2=O. The van der Waals surface area contributed by atoms with E-state index in [1.54, 1.807) is 6.92 Å². The van der Waals surface area contributed by atoms with E-state index in [1.807, 2.05) is 0 Å². The largest absolute Gasteiger partial charge is 0.507 e. The Morgan fingerprint density at radius 1 is 0.900 bits per heavy atom. The second kappa shape index (κ2) is 4.44. The summed E-state index contributed by atoms with van der Waals surface area (Å²) in [5, 5.41) is 39.6. The summed E-state index contributed by atoms with van der Waals surface area (Å²) in [5.74, 6) is -5.85. The van der Waals surface area contributed by atoms with Crippen LogP contribution in [-0.2, 0) is 16.0 Å². The summed E-state index contributed by atoms with van der Waals surface area (Å²) < 4.78 is 4.65. The molecule has 0 bridgehead atoms. The smallest absolute Gasteiger partial charge is 0.272 e. The second-order valence-electron chi connectivity index (χ2n) is 4.17. The van der Waals surface area contributed by atoms with Crippen molar-refractivity contribution in [1.82, 2.24) is 0 Å². The first kappa shape index (κ1) is 13.7. The molecule has 0 unspecified atom stereocenters. The van der Waals surface area contributed by atoms with Gasteiger partial charge in [-0.25, -0.2) is 0 Å². The van der Waals surface area contributed by atoms with E-state index >= 15 is 0 Å². The number of phenolic OH excluding ortho intramolecular Hbond substituents is 3. The maximum absolute atomic E-state index is 11.9. The number of rotatable bonds is 2. The monoisotopic (exact) mass is 280 g/mol. The number of methoxy groups -OCH3 is 1. The van der Waals surface area contributed by atoms with Crippen molar-refractivity contribution in [3.63, 3.8) is 0 Å². The third kappa shape index (κ3) is 1.52. The lowest BCUT2D eigenvalue weighted by Crippen LogP contribution is -2.25. The van der Waals surface area contributed by atoms with Crippen LogP contribution in [0.4, 0.5) is 0 Å². The Hall–Kier alpha value is -2.70. The quantitative estimate of drug-likeness (QED) is 0.362. The number of aromatic hydroxyl groups is 3. The normalized spacial score (nSPS) is 14.5. The van der Waals surface area contributed by atoms with Gasteiger partial charge in [-0.05, 0) is 6.42 Å². The van der Waals surface area contributed by atoms with E-state index in [1.165, 1.54) is 0 Å². The summed E-state index contributed by atoms with van der Waals surface area (Å²) in [6.45, 7) is 1.59. The van der Waals surface area contributed by atoms with Crippen molar-refractivity contribution in [1.29, 1.82) is 0 Å². The Morgan fingerprint density at radius 3 is 2.00 bits per heavy atom. The van der Waals surface area contributed by atoms with Crippen LogP contribution in [0.15, 0.2) is 5.76 Å². The Kier molecular flexibility index (Phi) is 3.05. The van der Waals surface area contributed by atoms with Crippen LogP contribution in [0.3, 0.4) is 0 Å². The minimum absolute atomic E-state index is 0.0506. The summed E-state index contributed by atoms with van der Waals surface area (Å²) in [6, 6.07) is 0. The summed E-state index contributed by atoms with van der Waals surface area (Å²) in [7, 11) is 1.08. The number of hydrogen-bond acceptors (Lipinski definition) is 7. The number of phenols is 3. The molecule has 1 aliphatic rings. The molecule has 4 N–H and O–H groups in total. The number of hydrogen-bond donors (Lipinski definition) is 4. The molecular formula is C13H12O7. The molecule has 0 fully saturated rings. The standard InChI is InChI=1S/C13H12O7/c1-3-4-7(14)5-6(9(16)8(4)15)10(17)12(19)13(20-2)11(5)18/h14-16,18H,3H2,1-2H3. The van der Waals surface area contributed by atoms with Crippen LogP contribution in [0.1, 0.15) is 28.4 Å². The van der Waals surface area contributed by atoms with Gasteiger partial charge in [0.05, 0.1) is 18.2 Å². The number of ether oxygens (including phenoxy) is 1. The number of benzene rings is 1. The number of carbonyl (C=O) groups excluding carboxylic acids is 2. The topological polar surface area (TPSA) is 124 Å². The fourth-order valence-corrected chi connectivity index (χ4v) is 2.17. The average molecular weight is 280 g/mol.